The van der Waals surface area contributed by atoms with Crippen molar-refractivity contribution in [2.24, 2.45) is 5.41 Å². The number of carbonyl (C=O) groups excluding carboxylic acids is 2. The predicted octanol–water partition coefficient (Wildman–Crippen LogP) is 3.35. The molecule has 4 heteroatoms. The summed E-state index contributed by atoms with van der Waals surface area (Å²) >= 11 is 0. The third kappa shape index (κ3) is 2.72. The van der Waals surface area contributed by atoms with Crippen molar-refractivity contribution >= 4 is 23.2 Å². The normalized spacial score (nSPS) is 15.0. The van der Waals surface area contributed by atoms with Gasteiger partial charge in [0.05, 0.1) is 0 Å². The average molecular weight is 294 g/mol. The van der Waals surface area contributed by atoms with E-state index in [2.05, 4.69) is 10.6 Å². The second-order valence-corrected chi connectivity index (χ2v) is 5.67. The molecule has 22 heavy (non-hydrogen) atoms. The lowest BCUT2D eigenvalue weighted by molar-refractivity contribution is -0.131. The Hall–Kier alpha value is -2.62. The highest BCUT2D eigenvalue weighted by Gasteiger charge is 2.56. The number of benzene rings is 2. The van der Waals surface area contributed by atoms with Crippen LogP contribution >= 0.6 is 0 Å². The second kappa shape index (κ2) is 5.64. The van der Waals surface area contributed by atoms with E-state index in [4.69, 9.17) is 0 Å². The SMILES string of the molecule is Cc1ccccc1NC(=O)C1(C(=O)Nc2ccccc2)CC1. The fourth-order valence-electron chi connectivity index (χ4n) is 2.41. The van der Waals surface area contributed by atoms with Gasteiger partial charge in [0.1, 0.15) is 5.41 Å². The number of anilines is 2. The Kier molecular flexibility index (Phi) is 3.67. The molecule has 1 aliphatic rings. The van der Waals surface area contributed by atoms with Crippen LogP contribution in [-0.4, -0.2) is 11.8 Å². The molecule has 2 amide bonds. The summed E-state index contributed by atoms with van der Waals surface area (Å²) in [5.74, 6) is -0.458. The number of nitrogens with one attached hydrogen (secondary N) is 2. The average Bonchev–Trinajstić information content (AvgIpc) is 3.32. The summed E-state index contributed by atoms with van der Waals surface area (Å²) in [4.78, 5) is 24.9. The number of hydrogen-bond acceptors (Lipinski definition) is 2. The van der Waals surface area contributed by atoms with Crippen molar-refractivity contribution in [3.63, 3.8) is 0 Å². The molecule has 2 aromatic carbocycles. The first-order valence-corrected chi connectivity index (χ1v) is 7.35. The van der Waals surface area contributed by atoms with Gasteiger partial charge >= 0.3 is 0 Å². The quantitative estimate of drug-likeness (QED) is 0.850. The van der Waals surface area contributed by atoms with Crippen LogP contribution in [0.3, 0.4) is 0 Å². The van der Waals surface area contributed by atoms with Gasteiger partial charge < -0.3 is 10.6 Å². The highest BCUT2D eigenvalue weighted by atomic mass is 16.2. The van der Waals surface area contributed by atoms with Crippen LogP contribution in [0.1, 0.15) is 18.4 Å². The number of hydrogen-bond donors (Lipinski definition) is 2. The van der Waals surface area contributed by atoms with Crippen molar-refractivity contribution in [3.8, 4) is 0 Å². The molecule has 0 heterocycles. The molecular formula is C18H18N2O2. The number of amides is 2. The third-order valence-electron chi connectivity index (χ3n) is 4.04. The van der Waals surface area contributed by atoms with E-state index in [-0.39, 0.29) is 11.8 Å². The largest absolute Gasteiger partial charge is 0.325 e. The monoisotopic (exact) mass is 294 g/mol. The summed E-state index contributed by atoms with van der Waals surface area (Å²) in [6.07, 6.45) is 1.17. The molecule has 0 radical (unpaired) electrons. The van der Waals surface area contributed by atoms with E-state index in [1.165, 1.54) is 0 Å². The van der Waals surface area contributed by atoms with Gasteiger partial charge in [-0.15, -0.1) is 0 Å². The van der Waals surface area contributed by atoms with Gasteiger partial charge in [0.2, 0.25) is 11.8 Å². The summed E-state index contributed by atoms with van der Waals surface area (Å²) < 4.78 is 0. The molecule has 0 atom stereocenters. The van der Waals surface area contributed by atoms with Crippen molar-refractivity contribution in [2.75, 3.05) is 10.6 Å². The zero-order valence-corrected chi connectivity index (χ0v) is 12.4. The Morgan fingerprint density at radius 1 is 0.864 bits per heavy atom. The van der Waals surface area contributed by atoms with Gasteiger partial charge in [-0.3, -0.25) is 9.59 Å². The van der Waals surface area contributed by atoms with Crippen LogP contribution in [-0.2, 0) is 9.59 Å². The first-order chi connectivity index (χ1) is 10.6. The van der Waals surface area contributed by atoms with E-state index in [9.17, 15) is 9.59 Å². The minimum Gasteiger partial charge on any atom is -0.325 e. The van der Waals surface area contributed by atoms with Gasteiger partial charge in [0, 0.05) is 11.4 Å². The topological polar surface area (TPSA) is 58.2 Å². The maximum atomic E-state index is 12.5. The maximum absolute atomic E-state index is 12.5. The zero-order chi connectivity index (χ0) is 15.6. The van der Waals surface area contributed by atoms with E-state index in [1.54, 1.807) is 0 Å². The molecule has 0 unspecified atom stereocenters. The smallest absolute Gasteiger partial charge is 0.240 e. The Morgan fingerprint density at radius 2 is 1.45 bits per heavy atom. The van der Waals surface area contributed by atoms with Crippen LogP contribution in [0, 0.1) is 12.3 Å². The fourth-order valence-corrected chi connectivity index (χ4v) is 2.41. The minimum atomic E-state index is -0.932. The summed E-state index contributed by atoms with van der Waals surface area (Å²) in [6.45, 7) is 1.93. The van der Waals surface area contributed by atoms with E-state index in [1.807, 2.05) is 61.5 Å². The molecule has 4 nitrogen and oxygen atoms in total. The van der Waals surface area contributed by atoms with Gasteiger partial charge in [0.25, 0.3) is 0 Å². The molecule has 2 aromatic rings. The minimum absolute atomic E-state index is 0.227. The van der Waals surface area contributed by atoms with Crippen LogP contribution in [0.4, 0.5) is 11.4 Å². The van der Waals surface area contributed by atoms with Crippen molar-refractivity contribution in [1.29, 1.82) is 0 Å². The molecule has 1 fully saturated rings. The lowest BCUT2D eigenvalue weighted by atomic mass is 10.0. The van der Waals surface area contributed by atoms with E-state index in [0.29, 0.717) is 18.5 Å². The lowest BCUT2D eigenvalue weighted by Crippen LogP contribution is -2.35. The van der Waals surface area contributed by atoms with E-state index in [0.717, 1.165) is 11.3 Å². The van der Waals surface area contributed by atoms with Gasteiger partial charge in [0.15, 0.2) is 0 Å². The highest BCUT2D eigenvalue weighted by molar-refractivity contribution is 6.17. The number of para-hydroxylation sites is 2. The molecular weight excluding hydrogens is 276 g/mol. The van der Waals surface area contributed by atoms with E-state index < -0.39 is 5.41 Å². The zero-order valence-electron chi connectivity index (χ0n) is 12.4. The Balaban J connectivity index is 1.72. The Bertz CT molecular complexity index is 706. The molecule has 0 aromatic heterocycles. The number of rotatable bonds is 4. The van der Waals surface area contributed by atoms with Gasteiger partial charge in [-0.25, -0.2) is 0 Å². The molecule has 3 rings (SSSR count). The van der Waals surface area contributed by atoms with Gasteiger partial charge in [-0.05, 0) is 43.5 Å². The number of aryl methyl sites for hydroxylation is 1. The summed E-state index contributed by atoms with van der Waals surface area (Å²) in [6, 6.07) is 16.8. The van der Waals surface area contributed by atoms with Crippen molar-refractivity contribution < 1.29 is 9.59 Å². The third-order valence-corrected chi connectivity index (χ3v) is 4.04. The van der Waals surface area contributed by atoms with Crippen molar-refractivity contribution in [3.05, 3.63) is 60.2 Å². The van der Waals surface area contributed by atoms with Crippen LogP contribution in [0.5, 0.6) is 0 Å². The molecule has 112 valence electrons. The predicted molar refractivity (Wildman–Crippen MR) is 86.5 cm³/mol. The second-order valence-electron chi connectivity index (χ2n) is 5.67. The first kappa shape index (κ1) is 14.3. The summed E-state index contributed by atoms with van der Waals surface area (Å²) in [7, 11) is 0. The molecule has 0 aliphatic heterocycles. The van der Waals surface area contributed by atoms with E-state index >= 15 is 0 Å². The summed E-state index contributed by atoms with van der Waals surface area (Å²) in [5.41, 5.74) is 1.52. The van der Waals surface area contributed by atoms with Gasteiger partial charge in [-0.2, -0.15) is 0 Å². The van der Waals surface area contributed by atoms with Crippen molar-refractivity contribution in [2.45, 2.75) is 19.8 Å². The fraction of sp³-hybridized carbons (Fsp3) is 0.222. The Morgan fingerprint density at radius 3 is 2.09 bits per heavy atom. The first-order valence-electron chi connectivity index (χ1n) is 7.35. The van der Waals surface area contributed by atoms with Crippen LogP contribution < -0.4 is 10.6 Å². The lowest BCUT2D eigenvalue weighted by Gasteiger charge is -2.16. The standard InChI is InChI=1S/C18H18N2O2/c1-13-7-5-6-10-15(13)20-17(22)18(11-12-18)16(21)19-14-8-3-2-4-9-14/h2-10H,11-12H2,1H3,(H,19,21)(H,20,22). The number of carbonyl (C=O) groups is 2. The maximum Gasteiger partial charge on any atom is 0.240 e. The van der Waals surface area contributed by atoms with Crippen LogP contribution in [0.2, 0.25) is 0 Å². The van der Waals surface area contributed by atoms with Crippen LogP contribution in [0.15, 0.2) is 54.6 Å². The molecule has 1 saturated carbocycles. The molecule has 0 spiro atoms. The van der Waals surface area contributed by atoms with Gasteiger partial charge in [-0.1, -0.05) is 36.4 Å². The highest BCUT2D eigenvalue weighted by Crippen LogP contribution is 2.47. The van der Waals surface area contributed by atoms with Crippen LogP contribution in [0.25, 0.3) is 0 Å². The molecule has 1 aliphatic carbocycles. The molecule has 0 bridgehead atoms. The van der Waals surface area contributed by atoms with Crippen molar-refractivity contribution in [1.82, 2.24) is 0 Å². The molecule has 0 saturated heterocycles. The molecule has 2 N–H and O–H groups in total. The Labute approximate surface area is 129 Å². The summed E-state index contributed by atoms with van der Waals surface area (Å²) in [5, 5.41) is 5.71.